The zero-order valence-corrected chi connectivity index (χ0v) is 13.2. The lowest BCUT2D eigenvalue weighted by molar-refractivity contribution is 0.165. The Morgan fingerprint density at radius 1 is 0.625 bits per heavy atom. The van der Waals surface area contributed by atoms with Crippen LogP contribution in [0.15, 0.2) is 36.4 Å². The molecule has 0 bridgehead atoms. The van der Waals surface area contributed by atoms with Crippen molar-refractivity contribution in [3.63, 3.8) is 0 Å². The highest BCUT2D eigenvalue weighted by atomic mass is 16.6. The number of aliphatic hydroxyl groups excluding tert-OH is 2. The summed E-state index contributed by atoms with van der Waals surface area (Å²) in [6.45, 7) is 2.27. The van der Waals surface area contributed by atoms with Gasteiger partial charge >= 0.3 is 0 Å². The summed E-state index contributed by atoms with van der Waals surface area (Å²) < 4.78 is 21.4. The third kappa shape index (κ3) is 3.55. The van der Waals surface area contributed by atoms with E-state index in [0.29, 0.717) is 37.9 Å². The van der Waals surface area contributed by atoms with Gasteiger partial charge in [-0.15, -0.1) is 0 Å². The van der Waals surface area contributed by atoms with Crippen LogP contribution in [0.5, 0.6) is 23.0 Å². The van der Waals surface area contributed by atoms with E-state index in [2.05, 4.69) is 0 Å². The van der Waals surface area contributed by atoms with Gasteiger partial charge in [0.15, 0.2) is 23.0 Å². The van der Waals surface area contributed by atoms with Crippen molar-refractivity contribution in [1.29, 1.82) is 0 Å². The van der Waals surface area contributed by atoms with E-state index in [9.17, 15) is 0 Å². The number of ether oxygens (including phenoxy) is 4. The van der Waals surface area contributed by atoms with E-state index in [-0.39, 0.29) is 13.2 Å². The third-order valence-electron chi connectivity index (χ3n) is 3.64. The summed E-state index contributed by atoms with van der Waals surface area (Å²) in [6.07, 6.45) is 0. The van der Waals surface area contributed by atoms with Gasteiger partial charge in [-0.2, -0.15) is 0 Å². The van der Waals surface area contributed by atoms with Crippen molar-refractivity contribution in [3.05, 3.63) is 47.5 Å². The lowest BCUT2D eigenvalue weighted by Gasteiger charge is -2.19. The summed E-state index contributed by atoms with van der Waals surface area (Å²) in [5.74, 6) is 2.83. The monoisotopic (exact) mass is 332 g/mol. The number of rotatable bonds is 2. The maximum atomic E-state index is 8.96. The molecule has 24 heavy (non-hydrogen) atoms. The van der Waals surface area contributed by atoms with E-state index in [1.807, 2.05) is 36.4 Å². The molecule has 0 radical (unpaired) electrons. The average molecular weight is 332 g/mol. The Bertz CT molecular complexity index is 597. The molecular formula is C18H20O6. The van der Waals surface area contributed by atoms with Gasteiger partial charge in [-0.3, -0.25) is 0 Å². The predicted octanol–water partition coefficient (Wildman–Crippen LogP) is 1.90. The lowest BCUT2D eigenvalue weighted by Crippen LogP contribution is -2.16. The molecule has 128 valence electrons. The van der Waals surface area contributed by atoms with Crippen LogP contribution in [0.25, 0.3) is 0 Å². The zero-order valence-electron chi connectivity index (χ0n) is 13.2. The molecule has 0 saturated carbocycles. The molecule has 6 nitrogen and oxygen atoms in total. The Labute approximate surface area is 140 Å². The van der Waals surface area contributed by atoms with Crippen LogP contribution in [0.3, 0.4) is 0 Å². The molecule has 0 amide bonds. The summed E-state index contributed by atoms with van der Waals surface area (Å²) in [5.41, 5.74) is 1.57. The Hall–Kier alpha value is -2.44. The summed E-state index contributed by atoms with van der Waals surface area (Å²) >= 11 is 0. The summed E-state index contributed by atoms with van der Waals surface area (Å²) in [7, 11) is 0. The first-order valence-corrected chi connectivity index (χ1v) is 7.80. The molecule has 2 aliphatic heterocycles. The summed E-state index contributed by atoms with van der Waals surface area (Å²) in [4.78, 5) is 0. The molecule has 0 aromatic heterocycles. The lowest BCUT2D eigenvalue weighted by atomic mass is 10.2. The normalized spacial score (nSPS) is 14.4. The molecule has 6 heteroatoms. The molecule has 0 fully saturated rings. The predicted molar refractivity (Wildman–Crippen MR) is 86.7 cm³/mol. The highest BCUT2D eigenvalue weighted by molar-refractivity contribution is 5.47. The summed E-state index contributed by atoms with van der Waals surface area (Å²) in [5, 5.41) is 17.9. The quantitative estimate of drug-likeness (QED) is 0.875. The van der Waals surface area contributed by atoms with Crippen molar-refractivity contribution in [2.45, 2.75) is 13.2 Å². The van der Waals surface area contributed by atoms with Crippen LogP contribution in [-0.4, -0.2) is 36.6 Å². The maximum Gasteiger partial charge on any atom is 0.166 e. The van der Waals surface area contributed by atoms with Gasteiger partial charge in [0, 0.05) is 11.1 Å². The molecule has 2 aliphatic rings. The van der Waals surface area contributed by atoms with Gasteiger partial charge in [-0.05, 0) is 12.1 Å². The van der Waals surface area contributed by atoms with Gasteiger partial charge < -0.3 is 29.2 Å². The number of fused-ring (bicyclic) bond motifs is 2. The van der Waals surface area contributed by atoms with E-state index in [1.165, 1.54) is 0 Å². The molecule has 2 N–H and O–H groups in total. The average Bonchev–Trinajstić information content (AvgIpc) is 2.67. The van der Waals surface area contributed by atoms with Crippen LogP contribution in [0.2, 0.25) is 0 Å². The van der Waals surface area contributed by atoms with Crippen molar-refractivity contribution < 1.29 is 29.2 Å². The molecule has 0 spiro atoms. The molecule has 0 unspecified atom stereocenters. The molecule has 4 rings (SSSR count). The fraction of sp³-hybridized carbons (Fsp3) is 0.333. The fourth-order valence-electron chi connectivity index (χ4n) is 2.52. The van der Waals surface area contributed by atoms with Gasteiger partial charge in [0.2, 0.25) is 0 Å². The van der Waals surface area contributed by atoms with E-state index in [1.54, 1.807) is 0 Å². The number of hydrogen-bond donors (Lipinski definition) is 2. The van der Waals surface area contributed by atoms with Gasteiger partial charge in [0.25, 0.3) is 0 Å². The molecule has 0 saturated heterocycles. The Balaban J connectivity index is 0.000000141. The van der Waals surface area contributed by atoms with Crippen molar-refractivity contribution in [1.82, 2.24) is 0 Å². The van der Waals surface area contributed by atoms with E-state index >= 15 is 0 Å². The fourth-order valence-corrected chi connectivity index (χ4v) is 2.52. The minimum absolute atomic E-state index is 0.00741. The molecule has 0 aliphatic carbocycles. The van der Waals surface area contributed by atoms with Crippen LogP contribution in [-0.2, 0) is 13.2 Å². The number of para-hydroxylation sites is 2. The van der Waals surface area contributed by atoms with Crippen molar-refractivity contribution in [2.75, 3.05) is 26.4 Å². The standard InChI is InChI=1S/2C9H10O3/c2*10-6-7-2-1-3-8-9(7)12-5-4-11-8/h2*1-3,10H,4-6H2. The highest BCUT2D eigenvalue weighted by Gasteiger charge is 2.15. The minimum atomic E-state index is -0.00741. The molecule has 2 heterocycles. The van der Waals surface area contributed by atoms with E-state index in [0.717, 1.165) is 22.6 Å². The highest BCUT2D eigenvalue weighted by Crippen LogP contribution is 2.34. The zero-order chi connectivity index (χ0) is 16.8. The van der Waals surface area contributed by atoms with Gasteiger partial charge in [0.05, 0.1) is 13.2 Å². The third-order valence-corrected chi connectivity index (χ3v) is 3.64. The SMILES string of the molecule is OCc1cccc2c1OCCO2.OCc1cccc2c1OCCO2. The van der Waals surface area contributed by atoms with Crippen molar-refractivity contribution in [2.24, 2.45) is 0 Å². The molecule has 2 aromatic carbocycles. The molecule has 2 aromatic rings. The van der Waals surface area contributed by atoms with Crippen LogP contribution in [0.4, 0.5) is 0 Å². The van der Waals surface area contributed by atoms with Crippen molar-refractivity contribution in [3.8, 4) is 23.0 Å². The Kier molecular flexibility index (Phi) is 5.40. The largest absolute Gasteiger partial charge is 0.486 e. The first kappa shape index (κ1) is 16.4. The van der Waals surface area contributed by atoms with Crippen LogP contribution in [0, 0.1) is 0 Å². The van der Waals surface area contributed by atoms with Crippen LogP contribution < -0.4 is 18.9 Å². The van der Waals surface area contributed by atoms with Gasteiger partial charge in [-0.1, -0.05) is 24.3 Å². The van der Waals surface area contributed by atoms with Crippen LogP contribution >= 0.6 is 0 Å². The maximum absolute atomic E-state index is 8.96. The number of benzene rings is 2. The second-order valence-corrected chi connectivity index (χ2v) is 5.20. The van der Waals surface area contributed by atoms with E-state index in [4.69, 9.17) is 29.2 Å². The first-order chi connectivity index (χ1) is 11.8. The smallest absolute Gasteiger partial charge is 0.166 e. The minimum Gasteiger partial charge on any atom is -0.486 e. The van der Waals surface area contributed by atoms with Crippen LogP contribution in [0.1, 0.15) is 11.1 Å². The molecular weight excluding hydrogens is 312 g/mol. The first-order valence-electron chi connectivity index (χ1n) is 7.80. The van der Waals surface area contributed by atoms with Gasteiger partial charge in [0.1, 0.15) is 26.4 Å². The Morgan fingerprint density at radius 3 is 1.46 bits per heavy atom. The van der Waals surface area contributed by atoms with E-state index < -0.39 is 0 Å². The number of aliphatic hydroxyl groups is 2. The van der Waals surface area contributed by atoms with Gasteiger partial charge in [-0.25, -0.2) is 0 Å². The van der Waals surface area contributed by atoms with Crippen molar-refractivity contribution >= 4 is 0 Å². The topological polar surface area (TPSA) is 77.4 Å². The molecule has 0 atom stereocenters. The second-order valence-electron chi connectivity index (χ2n) is 5.20. The second kappa shape index (κ2) is 7.90. The number of hydrogen-bond acceptors (Lipinski definition) is 6. The summed E-state index contributed by atoms with van der Waals surface area (Å²) in [6, 6.07) is 11.0. The Morgan fingerprint density at radius 2 is 1.04 bits per heavy atom.